The summed E-state index contributed by atoms with van der Waals surface area (Å²) in [6.07, 6.45) is -0.585. The van der Waals surface area contributed by atoms with E-state index in [0.717, 1.165) is 0 Å². The Morgan fingerprint density at radius 1 is 1.05 bits per heavy atom. The van der Waals surface area contributed by atoms with Gasteiger partial charge in [-0.15, -0.1) is 0 Å². The van der Waals surface area contributed by atoms with Gasteiger partial charge >= 0.3 is 11.9 Å². The second-order valence-electron chi connectivity index (χ2n) is 13.2. The minimum atomic E-state index is -2.30. The van der Waals surface area contributed by atoms with Gasteiger partial charge in [-0.1, -0.05) is 13.0 Å². The van der Waals surface area contributed by atoms with Crippen molar-refractivity contribution in [3.8, 4) is 0 Å². The summed E-state index contributed by atoms with van der Waals surface area (Å²) in [5.41, 5.74) is -8.35. The second-order valence-corrected chi connectivity index (χ2v) is 13.2. The molecule has 5 bridgehead atoms. The number of hydrogen-bond donors (Lipinski definition) is 3. The first-order chi connectivity index (χ1) is 17.8. The first kappa shape index (κ1) is 23.7. The molecule has 204 valence electrons. The Morgan fingerprint density at radius 3 is 2.58 bits per heavy atom. The Morgan fingerprint density at radius 2 is 1.82 bits per heavy atom. The van der Waals surface area contributed by atoms with E-state index < -0.39 is 93.1 Å². The molecule has 0 aromatic carbocycles. The Hall–Kier alpha value is -2.18. The first-order valence-electron chi connectivity index (χ1n) is 13.4. The van der Waals surface area contributed by atoms with E-state index in [1.807, 2.05) is 0 Å². The Kier molecular flexibility index (Phi) is 4.00. The van der Waals surface area contributed by atoms with E-state index in [0.29, 0.717) is 0 Å². The van der Waals surface area contributed by atoms with Crippen LogP contribution in [0.25, 0.3) is 0 Å². The molecule has 2 spiro atoms. The van der Waals surface area contributed by atoms with E-state index >= 15 is 0 Å². The predicted molar refractivity (Wildman–Crippen MR) is 121 cm³/mol. The van der Waals surface area contributed by atoms with Crippen molar-refractivity contribution in [1.29, 1.82) is 0 Å². The highest BCUT2D eigenvalue weighted by atomic mass is 16.7. The lowest BCUT2D eigenvalue weighted by atomic mass is 9.47. The molecule has 7 fully saturated rings. The van der Waals surface area contributed by atoms with Crippen molar-refractivity contribution in [1.82, 2.24) is 0 Å². The van der Waals surface area contributed by atoms with Crippen LogP contribution in [0.3, 0.4) is 0 Å². The zero-order chi connectivity index (χ0) is 26.8. The van der Waals surface area contributed by atoms with Crippen LogP contribution in [0.15, 0.2) is 12.2 Å². The zero-order valence-electron chi connectivity index (χ0n) is 21.0. The summed E-state index contributed by atoms with van der Waals surface area (Å²) in [4.78, 5) is 55.0. The quantitative estimate of drug-likeness (QED) is 0.340. The van der Waals surface area contributed by atoms with Crippen LogP contribution in [0.2, 0.25) is 0 Å². The molecule has 38 heavy (non-hydrogen) atoms. The van der Waals surface area contributed by atoms with Crippen LogP contribution in [-0.4, -0.2) is 86.3 Å². The molecule has 5 heterocycles. The molecule has 0 aromatic heterocycles. The standard InChI is InChI=1S/C27H30O11/c1-22-9-14-19-26-17(22)18(30)27(38-26,35-10-12(22)20(31)36-14)16-11(5-7-25(26,34)21(32)37-19)23(2)15(29)4-3-6-24(23,33)8-13(16)28/h3-4,11-14,16-17,19,28,33-34H,5-10H2,1-2H3/t11?,12-,13+,14+,16?,17?,19?,22+,23-,24-,25+,26-,27+/m0/s1. The minimum Gasteiger partial charge on any atom is -0.458 e. The number of esters is 2. The van der Waals surface area contributed by atoms with Gasteiger partial charge in [0.2, 0.25) is 5.79 Å². The van der Waals surface area contributed by atoms with Crippen LogP contribution in [0, 0.1) is 34.5 Å². The fourth-order valence-corrected chi connectivity index (χ4v) is 10.2. The Labute approximate surface area is 217 Å². The maximum atomic E-state index is 14.8. The van der Waals surface area contributed by atoms with Gasteiger partial charge in [0.05, 0.1) is 41.5 Å². The number of allylic oxidation sites excluding steroid dienone is 1. The van der Waals surface area contributed by atoms with Gasteiger partial charge in [0.25, 0.3) is 0 Å². The molecule has 8 rings (SSSR count). The van der Waals surface area contributed by atoms with Crippen LogP contribution in [0.4, 0.5) is 0 Å². The molecule has 0 aromatic rings. The van der Waals surface area contributed by atoms with Gasteiger partial charge in [0.15, 0.2) is 28.9 Å². The fraction of sp³-hybridized carbons (Fsp3) is 0.778. The lowest BCUT2D eigenvalue weighted by Gasteiger charge is -2.62. The maximum Gasteiger partial charge on any atom is 0.341 e. The van der Waals surface area contributed by atoms with Crippen LogP contribution < -0.4 is 0 Å². The Balaban J connectivity index is 1.42. The van der Waals surface area contributed by atoms with Gasteiger partial charge in [-0.2, -0.15) is 0 Å². The molecule has 13 atom stereocenters. The number of ketones is 2. The molecule has 11 heteroatoms. The zero-order valence-corrected chi connectivity index (χ0v) is 21.0. The summed E-state index contributed by atoms with van der Waals surface area (Å²) in [6.45, 7) is 3.15. The van der Waals surface area contributed by atoms with Gasteiger partial charge in [-0.3, -0.25) is 14.4 Å². The molecule has 4 unspecified atom stereocenters. The number of carbonyl (C=O) groups is 4. The number of ether oxygens (including phenoxy) is 4. The summed E-state index contributed by atoms with van der Waals surface area (Å²) < 4.78 is 24.4. The number of aliphatic hydroxyl groups is 3. The van der Waals surface area contributed by atoms with Crippen LogP contribution in [0.1, 0.15) is 46.0 Å². The summed E-state index contributed by atoms with van der Waals surface area (Å²) in [5, 5.41) is 35.6. The first-order valence-corrected chi connectivity index (χ1v) is 13.4. The molecule has 0 radical (unpaired) electrons. The SMILES string of the molecule is C[C@@]12C[C@H]3OC(=O)[C@@H]1CO[C@@]14O[C@]5(C3OC(=O)[C@]5(O)CCC3C1[C@H](O)C[C@@]1(O)CC=CC(=O)[C@]31C)C2C4=O. The van der Waals surface area contributed by atoms with Crippen molar-refractivity contribution in [2.24, 2.45) is 34.5 Å². The smallest absolute Gasteiger partial charge is 0.341 e. The van der Waals surface area contributed by atoms with Gasteiger partial charge in [0.1, 0.15) is 6.10 Å². The van der Waals surface area contributed by atoms with Gasteiger partial charge in [-0.25, -0.2) is 4.79 Å². The van der Waals surface area contributed by atoms with Crippen LogP contribution in [0.5, 0.6) is 0 Å². The number of hydrogen-bond acceptors (Lipinski definition) is 11. The van der Waals surface area contributed by atoms with Crippen LogP contribution in [-0.2, 0) is 38.1 Å². The van der Waals surface area contributed by atoms with E-state index in [1.165, 1.54) is 6.08 Å². The average molecular weight is 531 g/mol. The summed E-state index contributed by atoms with van der Waals surface area (Å²) in [5.74, 6) is -8.70. The number of rotatable bonds is 0. The molecule has 8 aliphatic rings. The molecule has 11 nitrogen and oxygen atoms in total. The van der Waals surface area contributed by atoms with E-state index in [4.69, 9.17) is 18.9 Å². The third-order valence-corrected chi connectivity index (χ3v) is 12.0. The second kappa shape index (κ2) is 6.41. The molecule has 3 aliphatic carbocycles. The van der Waals surface area contributed by atoms with E-state index in [2.05, 4.69) is 0 Å². The van der Waals surface area contributed by atoms with Crippen molar-refractivity contribution >= 4 is 23.5 Å². The fourth-order valence-electron chi connectivity index (χ4n) is 10.2. The maximum absolute atomic E-state index is 14.8. The number of fused-ring (bicyclic) bond motifs is 5. The van der Waals surface area contributed by atoms with Crippen molar-refractivity contribution in [2.45, 2.75) is 86.9 Å². The third kappa shape index (κ3) is 2.07. The summed E-state index contributed by atoms with van der Waals surface area (Å²) in [6, 6.07) is 0. The topological polar surface area (TPSA) is 166 Å². The average Bonchev–Trinajstić information content (AvgIpc) is 3.18. The summed E-state index contributed by atoms with van der Waals surface area (Å²) in [7, 11) is 0. The molecular weight excluding hydrogens is 500 g/mol. The van der Waals surface area contributed by atoms with Gasteiger partial charge in [0, 0.05) is 6.42 Å². The molecule has 2 saturated carbocycles. The molecule has 5 aliphatic heterocycles. The highest BCUT2D eigenvalue weighted by Crippen LogP contribution is 2.73. The largest absolute Gasteiger partial charge is 0.458 e. The summed E-state index contributed by atoms with van der Waals surface area (Å²) >= 11 is 0. The van der Waals surface area contributed by atoms with E-state index in [1.54, 1.807) is 19.9 Å². The van der Waals surface area contributed by atoms with Crippen molar-refractivity contribution in [3.63, 3.8) is 0 Å². The van der Waals surface area contributed by atoms with Crippen molar-refractivity contribution in [2.75, 3.05) is 6.61 Å². The number of Topliss-reactive ketones (excluding diaryl/α,β-unsaturated/α-hetero) is 1. The number of aliphatic hydroxyl groups excluding tert-OH is 1. The van der Waals surface area contributed by atoms with E-state index in [9.17, 15) is 34.5 Å². The van der Waals surface area contributed by atoms with Gasteiger partial charge in [-0.05, 0) is 50.0 Å². The number of carbonyl (C=O) groups excluding carboxylic acids is 4. The van der Waals surface area contributed by atoms with E-state index in [-0.39, 0.29) is 44.5 Å². The van der Waals surface area contributed by atoms with Crippen molar-refractivity contribution in [3.05, 3.63) is 12.2 Å². The van der Waals surface area contributed by atoms with Gasteiger partial charge < -0.3 is 34.3 Å². The Bertz CT molecular complexity index is 1280. The lowest BCUT2D eigenvalue weighted by Crippen LogP contribution is -2.76. The van der Waals surface area contributed by atoms with Crippen molar-refractivity contribution < 1.29 is 53.4 Å². The minimum absolute atomic E-state index is 0.0131. The molecule has 5 saturated heterocycles. The highest BCUT2D eigenvalue weighted by Gasteiger charge is 2.90. The highest BCUT2D eigenvalue weighted by molar-refractivity contribution is 6.00. The lowest BCUT2D eigenvalue weighted by molar-refractivity contribution is -0.370. The molecule has 3 N–H and O–H groups in total. The third-order valence-electron chi connectivity index (χ3n) is 12.0. The van der Waals surface area contributed by atoms with Crippen LogP contribution >= 0.6 is 0 Å². The normalized spacial score (nSPS) is 61.3. The molecular formula is C27H30O11. The monoisotopic (exact) mass is 530 g/mol. The molecule has 0 amide bonds. The predicted octanol–water partition coefficient (Wildman–Crippen LogP) is -0.667.